The summed E-state index contributed by atoms with van der Waals surface area (Å²) in [7, 11) is 0. The lowest BCUT2D eigenvalue weighted by molar-refractivity contribution is -0.394. The highest BCUT2D eigenvalue weighted by atomic mass is 127. The molecule has 1 N–H and O–H groups in total. The average Bonchev–Trinajstić information content (AvgIpc) is 2.71. The summed E-state index contributed by atoms with van der Waals surface area (Å²) in [5.74, 6) is -0.519. The molecule has 1 amide bonds. The Morgan fingerprint density at radius 2 is 2.30 bits per heavy atom. The van der Waals surface area contributed by atoms with Gasteiger partial charge in [-0.15, -0.1) is 0 Å². The molecule has 0 unspecified atom stereocenters. The minimum Gasteiger partial charge on any atom is -0.390 e. The van der Waals surface area contributed by atoms with Crippen LogP contribution in [-0.4, -0.2) is 25.6 Å². The van der Waals surface area contributed by atoms with Crippen LogP contribution in [-0.2, 0) is 11.3 Å². The number of benzene rings is 1. The van der Waals surface area contributed by atoms with Crippen molar-refractivity contribution >= 4 is 40.1 Å². The summed E-state index contributed by atoms with van der Waals surface area (Å²) < 4.78 is 2.19. The number of hydrogen-bond donors (Lipinski definition) is 1. The third-order valence-corrected chi connectivity index (χ3v) is 3.08. The second kappa shape index (κ2) is 5.94. The summed E-state index contributed by atoms with van der Waals surface area (Å²) >= 11 is 2.14. The maximum atomic E-state index is 11.9. The van der Waals surface area contributed by atoms with Crippen molar-refractivity contribution in [3.05, 3.63) is 43.8 Å². The second-order valence-electron chi connectivity index (χ2n) is 3.93. The number of hydrogen-bond acceptors (Lipinski definition) is 5. The number of amides is 1. The van der Waals surface area contributed by atoms with Crippen molar-refractivity contribution in [2.45, 2.75) is 13.5 Å². The summed E-state index contributed by atoms with van der Waals surface area (Å²) in [6.07, 6.45) is 0. The number of rotatable bonds is 4. The molecular weight excluding hydrogens is 377 g/mol. The highest BCUT2D eigenvalue weighted by molar-refractivity contribution is 14.1. The van der Waals surface area contributed by atoms with E-state index < -0.39 is 10.9 Å². The van der Waals surface area contributed by atoms with E-state index in [9.17, 15) is 14.9 Å². The first-order valence-electron chi connectivity index (χ1n) is 5.57. The number of aryl methyl sites for hydroxylation is 1. The molecule has 2 aromatic rings. The Bertz CT molecular complexity index is 670. The van der Waals surface area contributed by atoms with Gasteiger partial charge in [0.25, 0.3) is 0 Å². The van der Waals surface area contributed by atoms with Gasteiger partial charge in [0.2, 0.25) is 11.7 Å². The Morgan fingerprint density at radius 1 is 1.55 bits per heavy atom. The molecular formula is C11H10IN5O3. The summed E-state index contributed by atoms with van der Waals surface area (Å²) in [5.41, 5.74) is 0.661. The van der Waals surface area contributed by atoms with Crippen LogP contribution in [0.4, 0.5) is 11.6 Å². The van der Waals surface area contributed by atoms with Crippen LogP contribution in [0.2, 0.25) is 0 Å². The molecule has 1 heterocycles. The molecule has 0 atom stereocenters. The van der Waals surface area contributed by atoms with Gasteiger partial charge in [0.05, 0.1) is 0 Å². The van der Waals surface area contributed by atoms with Crippen molar-refractivity contribution < 1.29 is 9.72 Å². The third kappa shape index (κ3) is 3.50. The summed E-state index contributed by atoms with van der Waals surface area (Å²) in [4.78, 5) is 25.4. The van der Waals surface area contributed by atoms with Crippen LogP contribution < -0.4 is 5.32 Å². The number of nitro groups is 1. The fourth-order valence-corrected chi connectivity index (χ4v) is 2.08. The second-order valence-corrected chi connectivity index (χ2v) is 5.18. The van der Waals surface area contributed by atoms with Crippen molar-refractivity contribution in [3.8, 4) is 0 Å². The van der Waals surface area contributed by atoms with Crippen LogP contribution in [0.3, 0.4) is 0 Å². The largest absolute Gasteiger partial charge is 0.491 e. The fourth-order valence-electron chi connectivity index (χ4n) is 1.54. The maximum Gasteiger partial charge on any atom is 0.491 e. The molecule has 0 saturated heterocycles. The van der Waals surface area contributed by atoms with Crippen molar-refractivity contribution in [3.63, 3.8) is 0 Å². The van der Waals surface area contributed by atoms with Crippen molar-refractivity contribution in [1.82, 2.24) is 14.8 Å². The minimum absolute atomic E-state index is 0.127. The molecule has 0 radical (unpaired) electrons. The van der Waals surface area contributed by atoms with Gasteiger partial charge in [-0.3, -0.25) is 4.79 Å². The summed E-state index contributed by atoms with van der Waals surface area (Å²) in [5, 5.41) is 16.9. The first kappa shape index (κ1) is 14.4. The van der Waals surface area contributed by atoms with Crippen LogP contribution in [0.15, 0.2) is 24.3 Å². The van der Waals surface area contributed by atoms with Gasteiger partial charge in [0.15, 0.2) is 0 Å². The van der Waals surface area contributed by atoms with E-state index in [0.717, 1.165) is 3.57 Å². The number of carbonyl (C=O) groups is 1. The molecule has 0 bridgehead atoms. The van der Waals surface area contributed by atoms with E-state index in [1.807, 2.05) is 18.2 Å². The number of halogens is 1. The number of anilines is 1. The lowest BCUT2D eigenvalue weighted by atomic mass is 10.3. The van der Waals surface area contributed by atoms with E-state index in [0.29, 0.717) is 11.5 Å². The van der Waals surface area contributed by atoms with Gasteiger partial charge in [-0.05, 0) is 50.7 Å². The molecule has 0 spiro atoms. The fraction of sp³-hybridized carbons (Fsp3) is 0.182. The molecule has 8 nitrogen and oxygen atoms in total. The van der Waals surface area contributed by atoms with Crippen LogP contribution in [0, 0.1) is 20.6 Å². The zero-order valence-corrected chi connectivity index (χ0v) is 12.6. The maximum absolute atomic E-state index is 11.9. The SMILES string of the molecule is Cc1nc([N+](=O)[O-])nn1CC(=O)Nc1cccc(I)c1. The van der Waals surface area contributed by atoms with Gasteiger partial charge in [-0.2, -0.15) is 4.68 Å². The molecule has 20 heavy (non-hydrogen) atoms. The van der Waals surface area contributed by atoms with Crippen LogP contribution >= 0.6 is 22.6 Å². The third-order valence-electron chi connectivity index (χ3n) is 2.41. The molecule has 104 valence electrons. The topological polar surface area (TPSA) is 103 Å². The highest BCUT2D eigenvalue weighted by Gasteiger charge is 2.19. The van der Waals surface area contributed by atoms with Crippen molar-refractivity contribution in [2.24, 2.45) is 0 Å². The van der Waals surface area contributed by atoms with E-state index in [2.05, 4.69) is 38.0 Å². The molecule has 0 aliphatic carbocycles. The molecule has 9 heteroatoms. The predicted octanol–water partition coefficient (Wildman–Crippen LogP) is 1.74. The van der Waals surface area contributed by atoms with E-state index in [1.54, 1.807) is 13.0 Å². The summed E-state index contributed by atoms with van der Waals surface area (Å²) in [6, 6.07) is 7.30. The predicted molar refractivity (Wildman–Crippen MR) is 79.2 cm³/mol. The van der Waals surface area contributed by atoms with E-state index >= 15 is 0 Å². The molecule has 0 fully saturated rings. The van der Waals surface area contributed by atoms with Crippen LogP contribution in [0.5, 0.6) is 0 Å². The lowest BCUT2D eigenvalue weighted by Gasteiger charge is -2.04. The number of carbonyl (C=O) groups excluding carboxylic acids is 1. The molecule has 0 saturated carbocycles. The van der Waals surface area contributed by atoms with Crippen LogP contribution in [0.25, 0.3) is 0 Å². The Kier molecular flexibility index (Phi) is 4.27. The normalized spacial score (nSPS) is 10.3. The standard InChI is InChI=1S/C11H10IN5O3/c1-7-13-11(17(19)20)15-16(7)6-10(18)14-9-4-2-3-8(12)5-9/h2-5H,6H2,1H3,(H,14,18). The van der Waals surface area contributed by atoms with E-state index in [4.69, 9.17) is 0 Å². The number of aromatic nitrogens is 3. The van der Waals surface area contributed by atoms with Gasteiger partial charge >= 0.3 is 5.95 Å². The van der Waals surface area contributed by atoms with E-state index in [-0.39, 0.29) is 12.5 Å². The number of nitrogens with one attached hydrogen (secondary N) is 1. The smallest absolute Gasteiger partial charge is 0.390 e. The molecule has 0 aliphatic rings. The Labute approximate surface area is 127 Å². The van der Waals surface area contributed by atoms with Crippen LogP contribution in [0.1, 0.15) is 5.82 Å². The van der Waals surface area contributed by atoms with Crippen molar-refractivity contribution in [1.29, 1.82) is 0 Å². The first-order valence-corrected chi connectivity index (χ1v) is 6.65. The Balaban J connectivity index is 2.06. The lowest BCUT2D eigenvalue weighted by Crippen LogP contribution is -2.20. The molecule has 1 aromatic carbocycles. The molecule has 0 aliphatic heterocycles. The highest BCUT2D eigenvalue weighted by Crippen LogP contribution is 2.12. The molecule has 2 rings (SSSR count). The Morgan fingerprint density at radius 3 is 2.90 bits per heavy atom. The zero-order chi connectivity index (χ0) is 14.7. The minimum atomic E-state index is -0.693. The van der Waals surface area contributed by atoms with Gasteiger partial charge in [0.1, 0.15) is 6.54 Å². The van der Waals surface area contributed by atoms with Gasteiger partial charge in [-0.25, -0.2) is 0 Å². The van der Waals surface area contributed by atoms with Crippen molar-refractivity contribution in [2.75, 3.05) is 5.32 Å². The van der Waals surface area contributed by atoms with E-state index in [1.165, 1.54) is 4.68 Å². The quantitative estimate of drug-likeness (QED) is 0.489. The zero-order valence-electron chi connectivity index (χ0n) is 10.4. The average molecular weight is 387 g/mol. The Hall–Kier alpha value is -2.04. The summed E-state index contributed by atoms with van der Waals surface area (Å²) in [6.45, 7) is 1.43. The van der Waals surface area contributed by atoms with Gasteiger partial charge < -0.3 is 15.4 Å². The molecule has 1 aromatic heterocycles. The first-order chi connectivity index (χ1) is 9.45. The van der Waals surface area contributed by atoms with Gasteiger partial charge in [-0.1, -0.05) is 6.07 Å². The number of nitrogens with zero attached hydrogens (tertiary/aromatic N) is 4. The van der Waals surface area contributed by atoms with Gasteiger partial charge in [0, 0.05) is 21.3 Å². The monoisotopic (exact) mass is 387 g/mol.